The number of aromatic nitrogens is 1. The van der Waals surface area contributed by atoms with Gasteiger partial charge in [-0.3, -0.25) is 14.9 Å². The van der Waals surface area contributed by atoms with Crippen molar-refractivity contribution in [2.45, 2.75) is 0 Å². The molecule has 3 rings (SSSR count). The Hall–Kier alpha value is -3.15. The van der Waals surface area contributed by atoms with Gasteiger partial charge in [-0.05, 0) is 6.07 Å². The van der Waals surface area contributed by atoms with E-state index in [1.54, 1.807) is 24.3 Å². The van der Waals surface area contributed by atoms with Crippen LogP contribution in [0.15, 0.2) is 48.5 Å². The van der Waals surface area contributed by atoms with Crippen LogP contribution in [0, 0.1) is 10.1 Å². The number of H-pyrrole nitrogens is 1. The van der Waals surface area contributed by atoms with Gasteiger partial charge in [-0.1, -0.05) is 30.3 Å². The van der Waals surface area contributed by atoms with Crippen LogP contribution in [0.1, 0.15) is 15.9 Å². The third-order valence-corrected chi connectivity index (χ3v) is 3.29. The molecule has 3 N–H and O–H groups in total. The molecule has 21 heavy (non-hydrogen) atoms. The van der Waals surface area contributed by atoms with Crippen molar-refractivity contribution in [2.75, 3.05) is 5.73 Å². The minimum Gasteiger partial charge on any atom is -0.385 e. The standard InChI is InChI=1S/C15H11N3O3/c16-15-13(14(19)9-4-2-1-3-5-9)11-7-6-10(18(20)21)8-12(11)17-15/h1-8,17H,16H2. The fourth-order valence-corrected chi connectivity index (χ4v) is 2.30. The van der Waals surface area contributed by atoms with E-state index in [1.807, 2.05) is 6.07 Å². The number of rotatable bonds is 3. The number of nitrogens with zero attached hydrogens (tertiary/aromatic N) is 1. The summed E-state index contributed by atoms with van der Waals surface area (Å²) in [7, 11) is 0. The van der Waals surface area contributed by atoms with Crippen LogP contribution in [-0.4, -0.2) is 15.7 Å². The molecule has 0 bridgehead atoms. The van der Waals surface area contributed by atoms with Crippen LogP contribution < -0.4 is 5.73 Å². The first-order valence-corrected chi connectivity index (χ1v) is 6.23. The number of nitro benzene ring substituents is 1. The number of carbonyl (C=O) groups is 1. The second-order valence-corrected chi connectivity index (χ2v) is 4.60. The summed E-state index contributed by atoms with van der Waals surface area (Å²) in [6, 6.07) is 13.0. The zero-order valence-corrected chi connectivity index (χ0v) is 10.9. The van der Waals surface area contributed by atoms with Crippen molar-refractivity contribution in [1.29, 1.82) is 0 Å². The number of aromatic amines is 1. The predicted octanol–water partition coefficient (Wildman–Crippen LogP) is 2.89. The van der Waals surface area contributed by atoms with Crippen molar-refractivity contribution in [2.24, 2.45) is 0 Å². The van der Waals surface area contributed by atoms with Crippen LogP contribution in [0.25, 0.3) is 10.9 Å². The Kier molecular flexibility index (Phi) is 2.91. The zero-order valence-electron chi connectivity index (χ0n) is 10.9. The Bertz CT molecular complexity index is 853. The molecule has 0 aliphatic rings. The van der Waals surface area contributed by atoms with Crippen LogP contribution in [0.3, 0.4) is 0 Å². The number of nitrogens with one attached hydrogen (secondary N) is 1. The number of nitrogens with two attached hydrogens (primary N) is 1. The summed E-state index contributed by atoms with van der Waals surface area (Å²) < 4.78 is 0. The van der Waals surface area contributed by atoms with Crippen molar-refractivity contribution in [1.82, 2.24) is 4.98 Å². The van der Waals surface area contributed by atoms with Crippen molar-refractivity contribution in [3.8, 4) is 0 Å². The van der Waals surface area contributed by atoms with E-state index in [1.165, 1.54) is 18.2 Å². The van der Waals surface area contributed by atoms with E-state index in [0.29, 0.717) is 22.0 Å². The highest BCUT2D eigenvalue weighted by Gasteiger charge is 2.19. The zero-order chi connectivity index (χ0) is 15.0. The third-order valence-electron chi connectivity index (χ3n) is 3.29. The van der Waals surface area contributed by atoms with E-state index in [2.05, 4.69) is 4.98 Å². The highest BCUT2D eigenvalue weighted by atomic mass is 16.6. The Morgan fingerprint density at radius 3 is 2.52 bits per heavy atom. The number of nitro groups is 1. The van der Waals surface area contributed by atoms with Crippen molar-refractivity contribution in [3.63, 3.8) is 0 Å². The second kappa shape index (κ2) is 4.75. The van der Waals surface area contributed by atoms with E-state index in [0.717, 1.165) is 0 Å². The van der Waals surface area contributed by atoms with Crippen LogP contribution >= 0.6 is 0 Å². The predicted molar refractivity (Wildman–Crippen MR) is 79.2 cm³/mol. The van der Waals surface area contributed by atoms with Crippen molar-refractivity contribution >= 4 is 28.2 Å². The van der Waals surface area contributed by atoms with Crippen LogP contribution in [-0.2, 0) is 0 Å². The highest BCUT2D eigenvalue weighted by Crippen LogP contribution is 2.29. The molecule has 0 spiro atoms. The first-order valence-electron chi connectivity index (χ1n) is 6.23. The maximum Gasteiger partial charge on any atom is 0.271 e. The molecule has 0 atom stereocenters. The summed E-state index contributed by atoms with van der Waals surface area (Å²) in [6.45, 7) is 0. The lowest BCUT2D eigenvalue weighted by molar-refractivity contribution is -0.384. The van der Waals surface area contributed by atoms with Crippen molar-refractivity contribution in [3.05, 3.63) is 69.8 Å². The molecule has 6 heteroatoms. The molecule has 6 nitrogen and oxygen atoms in total. The first-order chi connectivity index (χ1) is 10.1. The van der Waals surface area contributed by atoms with Crippen LogP contribution in [0.5, 0.6) is 0 Å². The summed E-state index contributed by atoms with van der Waals surface area (Å²) in [5, 5.41) is 11.4. The Labute approximate surface area is 119 Å². The molecule has 1 heterocycles. The van der Waals surface area contributed by atoms with Gasteiger partial charge in [0.15, 0.2) is 5.78 Å². The Morgan fingerprint density at radius 1 is 1.14 bits per heavy atom. The maximum atomic E-state index is 12.5. The van der Waals surface area contributed by atoms with E-state index < -0.39 is 4.92 Å². The molecule has 0 aliphatic heterocycles. The number of fused-ring (bicyclic) bond motifs is 1. The third kappa shape index (κ3) is 2.12. The van der Waals surface area contributed by atoms with E-state index in [-0.39, 0.29) is 17.3 Å². The number of benzene rings is 2. The second-order valence-electron chi connectivity index (χ2n) is 4.60. The van der Waals surface area contributed by atoms with E-state index in [9.17, 15) is 14.9 Å². The van der Waals surface area contributed by atoms with Gasteiger partial charge >= 0.3 is 0 Å². The minimum atomic E-state index is -0.491. The molecule has 0 aliphatic carbocycles. The van der Waals surface area contributed by atoms with Gasteiger partial charge in [-0.2, -0.15) is 0 Å². The summed E-state index contributed by atoms with van der Waals surface area (Å²) in [5.74, 6) is -0.00689. The van der Waals surface area contributed by atoms with Gasteiger partial charge in [-0.15, -0.1) is 0 Å². The van der Waals surface area contributed by atoms with Gasteiger partial charge in [0, 0.05) is 23.1 Å². The number of hydrogen-bond acceptors (Lipinski definition) is 4. The largest absolute Gasteiger partial charge is 0.385 e. The van der Waals surface area contributed by atoms with Crippen LogP contribution in [0.4, 0.5) is 11.5 Å². The molecular weight excluding hydrogens is 270 g/mol. The maximum absolute atomic E-state index is 12.5. The lowest BCUT2D eigenvalue weighted by atomic mass is 10.0. The van der Waals surface area contributed by atoms with Gasteiger partial charge in [-0.25, -0.2) is 0 Å². The van der Waals surface area contributed by atoms with Gasteiger partial charge in [0.2, 0.25) is 0 Å². The van der Waals surface area contributed by atoms with Gasteiger partial charge in [0.1, 0.15) is 5.82 Å². The number of anilines is 1. The molecule has 0 unspecified atom stereocenters. The fraction of sp³-hybridized carbons (Fsp3) is 0. The van der Waals surface area contributed by atoms with Gasteiger partial charge in [0.25, 0.3) is 5.69 Å². The molecule has 1 aromatic heterocycles. The number of ketones is 1. The van der Waals surface area contributed by atoms with Gasteiger partial charge in [0.05, 0.1) is 16.0 Å². The normalized spacial score (nSPS) is 10.7. The van der Waals surface area contributed by atoms with Crippen molar-refractivity contribution < 1.29 is 9.72 Å². The molecule has 0 saturated heterocycles. The SMILES string of the molecule is Nc1[nH]c2cc([N+](=O)[O-])ccc2c1C(=O)c1ccccc1. The minimum absolute atomic E-state index is 0.0533. The van der Waals surface area contributed by atoms with Gasteiger partial charge < -0.3 is 10.7 Å². The molecule has 104 valence electrons. The highest BCUT2D eigenvalue weighted by molar-refractivity contribution is 6.19. The van der Waals surface area contributed by atoms with E-state index >= 15 is 0 Å². The average molecular weight is 281 g/mol. The monoisotopic (exact) mass is 281 g/mol. The number of carbonyl (C=O) groups excluding carboxylic acids is 1. The molecule has 2 aromatic carbocycles. The number of non-ortho nitro benzene ring substituents is 1. The summed E-state index contributed by atoms with van der Waals surface area (Å²) in [5.41, 5.74) is 7.15. The molecule has 3 aromatic rings. The topological polar surface area (TPSA) is 102 Å². The molecule has 0 amide bonds. The Morgan fingerprint density at radius 2 is 1.86 bits per heavy atom. The quantitative estimate of drug-likeness (QED) is 0.437. The van der Waals surface area contributed by atoms with E-state index in [4.69, 9.17) is 5.73 Å². The Balaban J connectivity index is 2.17. The lowest BCUT2D eigenvalue weighted by Crippen LogP contribution is -2.03. The summed E-state index contributed by atoms with van der Waals surface area (Å²) >= 11 is 0. The molecule has 0 radical (unpaired) electrons. The summed E-state index contributed by atoms with van der Waals surface area (Å²) in [6.07, 6.45) is 0. The summed E-state index contributed by atoms with van der Waals surface area (Å²) in [4.78, 5) is 25.6. The van der Waals surface area contributed by atoms with Crippen LogP contribution in [0.2, 0.25) is 0 Å². The molecule has 0 fully saturated rings. The number of hydrogen-bond donors (Lipinski definition) is 2. The molecule has 0 saturated carbocycles. The molecular formula is C15H11N3O3. The average Bonchev–Trinajstić information content (AvgIpc) is 2.82. The number of nitrogen functional groups attached to an aromatic ring is 1. The smallest absolute Gasteiger partial charge is 0.271 e. The first kappa shape index (κ1) is 12.9. The lowest BCUT2D eigenvalue weighted by Gasteiger charge is -2.01. The fourth-order valence-electron chi connectivity index (χ4n) is 2.30.